The lowest BCUT2D eigenvalue weighted by Gasteiger charge is -2.17. The SMILES string of the molecule is CCCCCCCCCCC(CCCCCCCCCC)CCCCn1nc2c(Br)cnc(-c3cc4sc(-c5ncc(Br)c6nn(CCCCC(CCCCCCCCCC)CCCCCCCCCC)nc56)cc4s3)c2n1. The summed E-state index contributed by atoms with van der Waals surface area (Å²) < 4.78 is 4.24. The Morgan fingerprint density at radius 2 is 0.603 bits per heavy atom. The Balaban J connectivity index is 1.01. The van der Waals surface area contributed by atoms with E-state index in [1.54, 1.807) is 22.7 Å². The number of aryl methyl sites for hydroxylation is 2. The van der Waals surface area contributed by atoms with Gasteiger partial charge in [0.15, 0.2) is 0 Å². The molecule has 0 amide bonds. The Bertz CT molecular complexity index is 2250. The summed E-state index contributed by atoms with van der Waals surface area (Å²) in [6, 6.07) is 4.57. The number of unbranched alkanes of at least 4 members (excludes halogenated alkanes) is 30. The van der Waals surface area contributed by atoms with Gasteiger partial charge in [-0.1, -0.05) is 285 Å². The third-order valence-electron chi connectivity index (χ3n) is 16.8. The van der Waals surface area contributed by atoms with Crippen LogP contribution in [0.5, 0.6) is 0 Å². The summed E-state index contributed by atoms with van der Waals surface area (Å²) in [5.74, 6) is 1.71. The molecule has 436 valence electrons. The first-order valence-corrected chi connectivity index (χ1v) is 36.0. The molecule has 12 heteroatoms. The molecule has 6 heterocycles. The minimum Gasteiger partial charge on any atom is -0.252 e. The van der Waals surface area contributed by atoms with Gasteiger partial charge in [0.05, 0.1) is 31.8 Å². The van der Waals surface area contributed by atoms with Crippen molar-refractivity contribution in [3.63, 3.8) is 0 Å². The zero-order chi connectivity index (χ0) is 54.8. The smallest absolute Gasteiger partial charge is 0.141 e. The third-order valence-corrected chi connectivity index (χ3v) is 20.3. The van der Waals surface area contributed by atoms with Crippen LogP contribution in [-0.4, -0.2) is 40.0 Å². The number of hydrogen-bond donors (Lipinski definition) is 0. The number of hydrogen-bond acceptors (Lipinski definition) is 8. The van der Waals surface area contributed by atoms with E-state index in [-0.39, 0.29) is 0 Å². The predicted octanol–water partition coefficient (Wildman–Crippen LogP) is 23.8. The summed E-state index contributed by atoms with van der Waals surface area (Å²) in [5.41, 5.74) is 5.34. The van der Waals surface area contributed by atoms with Crippen molar-refractivity contribution >= 4 is 86.0 Å². The monoisotopic (exact) mass is 1230 g/mol. The van der Waals surface area contributed by atoms with Gasteiger partial charge in [-0.15, -0.1) is 22.7 Å². The van der Waals surface area contributed by atoms with E-state index in [0.29, 0.717) is 0 Å². The van der Waals surface area contributed by atoms with Crippen LogP contribution in [0.3, 0.4) is 0 Å². The molecule has 0 aliphatic rings. The van der Waals surface area contributed by atoms with Crippen molar-refractivity contribution in [2.75, 3.05) is 0 Å². The lowest BCUT2D eigenvalue weighted by Crippen LogP contribution is -2.05. The summed E-state index contributed by atoms with van der Waals surface area (Å²) in [5, 5.41) is 20.3. The van der Waals surface area contributed by atoms with Crippen LogP contribution in [0.15, 0.2) is 33.5 Å². The number of nitrogens with zero attached hydrogens (tertiary/aromatic N) is 8. The van der Waals surface area contributed by atoms with Gasteiger partial charge in [0.25, 0.3) is 0 Å². The van der Waals surface area contributed by atoms with Crippen LogP contribution < -0.4 is 0 Å². The number of aromatic nitrogens is 8. The quantitative estimate of drug-likeness (QED) is 0.0354. The summed E-state index contributed by atoms with van der Waals surface area (Å²) >= 11 is 11.1. The molecule has 0 fully saturated rings. The second kappa shape index (κ2) is 39.2. The van der Waals surface area contributed by atoms with Crippen LogP contribution in [-0.2, 0) is 13.1 Å². The molecule has 78 heavy (non-hydrogen) atoms. The third kappa shape index (κ3) is 23.2. The van der Waals surface area contributed by atoms with E-state index in [2.05, 4.69) is 71.7 Å². The molecule has 0 N–H and O–H groups in total. The molecule has 0 aromatic carbocycles. The zero-order valence-corrected chi connectivity index (χ0v) is 54.5. The fraction of sp³-hybridized carbons (Fsp3) is 0.758. The highest BCUT2D eigenvalue weighted by Crippen LogP contribution is 2.44. The van der Waals surface area contributed by atoms with Crippen LogP contribution in [0, 0.1) is 11.8 Å². The molecule has 0 unspecified atom stereocenters. The van der Waals surface area contributed by atoms with Crippen molar-refractivity contribution in [2.45, 2.75) is 310 Å². The largest absolute Gasteiger partial charge is 0.252 e. The van der Waals surface area contributed by atoms with E-state index < -0.39 is 0 Å². The first-order valence-electron chi connectivity index (χ1n) is 32.7. The first-order chi connectivity index (χ1) is 38.4. The van der Waals surface area contributed by atoms with Gasteiger partial charge in [-0.3, -0.25) is 9.97 Å². The molecule has 0 spiro atoms. The summed E-state index contributed by atoms with van der Waals surface area (Å²) in [7, 11) is 0. The fourth-order valence-electron chi connectivity index (χ4n) is 12.0. The van der Waals surface area contributed by atoms with Gasteiger partial charge < -0.3 is 0 Å². The van der Waals surface area contributed by atoms with Gasteiger partial charge in [-0.2, -0.15) is 30.0 Å². The van der Waals surface area contributed by atoms with Crippen LogP contribution in [0.4, 0.5) is 0 Å². The standard InChI is InChI=1S/C66H106Br2N8S2/c1-5-9-13-17-21-25-29-33-41-53(42-34-30-26-22-18-14-10-6-2)45-37-39-47-75-71-61-55(67)51-69-63(65(61)73-75)59-49-57-58(77-59)50-60(78-57)64-66-62(56(68)52-70-64)72-76(74-66)48-40-38-46-54(43-35-31-27-23-19-15-11-7-3)44-36-32-28-24-20-16-12-8-4/h49-54H,5-48H2,1-4H3. The maximum Gasteiger partial charge on any atom is 0.141 e. The van der Waals surface area contributed by atoms with Gasteiger partial charge in [-0.05, 0) is 68.7 Å². The predicted molar refractivity (Wildman–Crippen MR) is 347 cm³/mol. The highest BCUT2D eigenvalue weighted by Gasteiger charge is 2.21. The van der Waals surface area contributed by atoms with Crippen molar-refractivity contribution in [3.8, 4) is 21.1 Å². The van der Waals surface area contributed by atoms with Gasteiger partial charge in [0.2, 0.25) is 0 Å². The molecule has 0 aliphatic carbocycles. The molecule has 6 aromatic heterocycles. The van der Waals surface area contributed by atoms with Gasteiger partial charge in [-0.25, -0.2) is 0 Å². The first kappa shape index (κ1) is 64.9. The minimum atomic E-state index is 0.838. The van der Waals surface area contributed by atoms with E-state index in [1.165, 1.54) is 266 Å². The number of halogens is 2. The van der Waals surface area contributed by atoms with Crippen molar-refractivity contribution in [3.05, 3.63) is 33.5 Å². The van der Waals surface area contributed by atoms with E-state index in [4.69, 9.17) is 30.4 Å². The summed E-state index contributed by atoms with van der Waals surface area (Å²) in [6.07, 6.45) is 61.7. The Morgan fingerprint density at radius 1 is 0.346 bits per heavy atom. The summed E-state index contributed by atoms with van der Waals surface area (Å²) in [6.45, 7) is 10.9. The van der Waals surface area contributed by atoms with Crippen LogP contribution >= 0.6 is 54.5 Å². The maximum atomic E-state index is 5.11. The number of fused-ring (bicyclic) bond motifs is 3. The molecule has 0 saturated heterocycles. The van der Waals surface area contributed by atoms with E-state index in [9.17, 15) is 0 Å². The average molecular weight is 1240 g/mol. The second-order valence-corrected chi connectivity index (χ2v) is 27.5. The van der Waals surface area contributed by atoms with Crippen LogP contribution in [0.2, 0.25) is 0 Å². The number of pyridine rings is 2. The zero-order valence-electron chi connectivity index (χ0n) is 49.7. The van der Waals surface area contributed by atoms with E-state index in [1.807, 2.05) is 22.0 Å². The van der Waals surface area contributed by atoms with Crippen molar-refractivity contribution < 1.29 is 0 Å². The highest BCUT2D eigenvalue weighted by atomic mass is 79.9. The fourth-order valence-corrected chi connectivity index (χ4v) is 15.1. The molecule has 6 rings (SSSR count). The van der Waals surface area contributed by atoms with Crippen molar-refractivity contribution in [2.24, 2.45) is 11.8 Å². The van der Waals surface area contributed by atoms with Crippen LogP contribution in [0.1, 0.15) is 297 Å². The highest BCUT2D eigenvalue weighted by molar-refractivity contribution is 9.11. The number of thiophene rings is 2. The van der Waals surface area contributed by atoms with Gasteiger partial charge in [0, 0.05) is 21.8 Å². The van der Waals surface area contributed by atoms with E-state index >= 15 is 0 Å². The van der Waals surface area contributed by atoms with Crippen molar-refractivity contribution in [1.29, 1.82) is 0 Å². The maximum absolute atomic E-state index is 5.11. The summed E-state index contributed by atoms with van der Waals surface area (Å²) in [4.78, 5) is 16.0. The topological polar surface area (TPSA) is 87.2 Å². The minimum absolute atomic E-state index is 0.838. The molecule has 0 saturated carbocycles. The van der Waals surface area contributed by atoms with Gasteiger partial charge >= 0.3 is 0 Å². The number of rotatable bonds is 48. The molecule has 0 bridgehead atoms. The molecular formula is C66H106Br2N8S2. The normalized spacial score (nSPS) is 12.2. The van der Waals surface area contributed by atoms with E-state index in [0.717, 1.165) is 89.9 Å². The Labute approximate surface area is 499 Å². The molecule has 0 atom stereocenters. The second-order valence-electron chi connectivity index (χ2n) is 23.6. The van der Waals surface area contributed by atoms with Crippen molar-refractivity contribution in [1.82, 2.24) is 40.0 Å². The van der Waals surface area contributed by atoms with Gasteiger partial charge in [0.1, 0.15) is 33.5 Å². The molecular weight excluding hydrogens is 1130 g/mol. The lowest BCUT2D eigenvalue weighted by molar-refractivity contribution is 0.359. The molecule has 6 aromatic rings. The Hall–Kier alpha value is -2.28. The molecule has 0 aliphatic heterocycles. The molecule has 8 nitrogen and oxygen atoms in total. The Morgan fingerprint density at radius 3 is 0.897 bits per heavy atom. The van der Waals surface area contributed by atoms with Crippen LogP contribution in [0.25, 0.3) is 52.6 Å². The average Bonchev–Trinajstić information content (AvgIpc) is 4.30. The molecule has 0 radical (unpaired) electrons. The lowest BCUT2D eigenvalue weighted by atomic mass is 9.90. The Kier molecular flexibility index (Phi) is 32.6.